The first-order chi connectivity index (χ1) is 6.97. The fraction of sp³-hybridized carbons (Fsp3) is 0.875. The lowest BCUT2D eigenvalue weighted by Crippen LogP contribution is -2.69. The topological polar surface area (TPSA) is 122 Å². The van der Waals surface area contributed by atoms with Crippen molar-refractivity contribution in [2.24, 2.45) is 0 Å². The number of hydrogen-bond acceptors (Lipinski definition) is 6. The highest BCUT2D eigenvalue weighted by Gasteiger charge is 2.42. The van der Waals surface area contributed by atoms with E-state index in [4.69, 9.17) is 5.11 Å². The maximum Gasteiger partial charge on any atom is 0.217 e. The predicted molar refractivity (Wildman–Crippen MR) is 49.6 cm³/mol. The summed E-state index contributed by atoms with van der Waals surface area (Å²) in [5.41, 5.74) is 0. The minimum absolute atomic E-state index is 0.415. The lowest BCUT2D eigenvalue weighted by atomic mass is 9.93. The number of piperidine rings is 1. The molecule has 7 heteroatoms. The number of aliphatic hydroxyl groups excluding tert-OH is 4. The fourth-order valence-electron chi connectivity index (χ4n) is 1.62. The standard InChI is InChI=1S/C8H16N2O5/c1-3(12)9-5-7(14)6(13)4(2-11)10-8(5)15/h4-8,10-11,13-15H,2H2,1H3,(H,9,12). The van der Waals surface area contributed by atoms with Gasteiger partial charge in [-0.2, -0.15) is 0 Å². The van der Waals surface area contributed by atoms with Crippen LogP contribution in [0.2, 0.25) is 0 Å². The van der Waals surface area contributed by atoms with Crippen LogP contribution in [0.5, 0.6) is 0 Å². The van der Waals surface area contributed by atoms with Crippen molar-refractivity contribution in [1.82, 2.24) is 10.6 Å². The molecule has 6 N–H and O–H groups in total. The number of nitrogens with one attached hydrogen (secondary N) is 2. The van der Waals surface area contributed by atoms with Crippen molar-refractivity contribution in [3.05, 3.63) is 0 Å². The van der Waals surface area contributed by atoms with Crippen LogP contribution in [0.25, 0.3) is 0 Å². The quantitative estimate of drug-likeness (QED) is 0.287. The summed E-state index contributed by atoms with van der Waals surface area (Å²) in [6, 6.07) is -1.79. The molecule has 1 fully saturated rings. The summed E-state index contributed by atoms with van der Waals surface area (Å²) < 4.78 is 0. The smallest absolute Gasteiger partial charge is 0.217 e. The Morgan fingerprint density at radius 1 is 1.33 bits per heavy atom. The highest BCUT2D eigenvalue weighted by Crippen LogP contribution is 2.14. The predicted octanol–water partition coefficient (Wildman–Crippen LogP) is -3.50. The molecule has 1 rings (SSSR count). The third kappa shape index (κ3) is 2.64. The molecule has 88 valence electrons. The molecule has 5 atom stereocenters. The third-order valence-electron chi connectivity index (χ3n) is 2.42. The summed E-state index contributed by atoms with van der Waals surface area (Å²) in [4.78, 5) is 10.8. The Labute approximate surface area is 86.7 Å². The summed E-state index contributed by atoms with van der Waals surface area (Å²) in [5, 5.41) is 42.2. The van der Waals surface area contributed by atoms with E-state index < -0.39 is 43.0 Å². The third-order valence-corrected chi connectivity index (χ3v) is 2.42. The second kappa shape index (κ2) is 4.86. The molecule has 0 spiro atoms. The molecule has 0 bridgehead atoms. The Bertz CT molecular complexity index is 237. The van der Waals surface area contributed by atoms with E-state index >= 15 is 0 Å². The van der Waals surface area contributed by atoms with Gasteiger partial charge in [0.15, 0.2) is 0 Å². The van der Waals surface area contributed by atoms with E-state index in [1.165, 1.54) is 6.92 Å². The molecule has 0 aromatic rings. The summed E-state index contributed by atoms with van der Waals surface area (Å²) in [5.74, 6) is -0.422. The van der Waals surface area contributed by atoms with Crippen LogP contribution in [0.15, 0.2) is 0 Å². The zero-order valence-corrected chi connectivity index (χ0v) is 8.29. The molecule has 1 aliphatic rings. The van der Waals surface area contributed by atoms with Crippen molar-refractivity contribution in [2.75, 3.05) is 6.61 Å². The van der Waals surface area contributed by atoms with Gasteiger partial charge in [0.2, 0.25) is 5.91 Å². The van der Waals surface area contributed by atoms with Gasteiger partial charge in [0, 0.05) is 6.92 Å². The van der Waals surface area contributed by atoms with Crippen LogP contribution in [0.1, 0.15) is 6.92 Å². The molecule has 1 amide bonds. The number of hydrogen-bond donors (Lipinski definition) is 6. The SMILES string of the molecule is CC(=O)NC1C(O)NC(CO)C(O)C1O. The van der Waals surface area contributed by atoms with Crippen LogP contribution in [-0.4, -0.2) is 63.5 Å². The lowest BCUT2D eigenvalue weighted by molar-refractivity contribution is -0.132. The molecule has 15 heavy (non-hydrogen) atoms. The van der Waals surface area contributed by atoms with Gasteiger partial charge in [-0.1, -0.05) is 0 Å². The average molecular weight is 220 g/mol. The molecule has 0 saturated carbocycles. The van der Waals surface area contributed by atoms with Crippen LogP contribution < -0.4 is 10.6 Å². The van der Waals surface area contributed by atoms with E-state index in [0.717, 1.165) is 0 Å². The fourth-order valence-corrected chi connectivity index (χ4v) is 1.62. The van der Waals surface area contributed by atoms with Crippen molar-refractivity contribution in [2.45, 2.75) is 37.4 Å². The Morgan fingerprint density at radius 3 is 2.40 bits per heavy atom. The van der Waals surface area contributed by atoms with Gasteiger partial charge in [0.1, 0.15) is 12.3 Å². The summed E-state index contributed by atoms with van der Waals surface area (Å²) in [6.07, 6.45) is -3.76. The van der Waals surface area contributed by atoms with Crippen LogP contribution in [-0.2, 0) is 4.79 Å². The molecule has 5 unspecified atom stereocenters. The molecule has 0 aliphatic carbocycles. The van der Waals surface area contributed by atoms with Crippen molar-refractivity contribution in [3.8, 4) is 0 Å². The van der Waals surface area contributed by atoms with E-state index in [0.29, 0.717) is 0 Å². The van der Waals surface area contributed by atoms with Gasteiger partial charge in [-0.3, -0.25) is 10.1 Å². The monoisotopic (exact) mass is 220 g/mol. The molecule has 1 aliphatic heterocycles. The zero-order valence-electron chi connectivity index (χ0n) is 8.29. The van der Waals surface area contributed by atoms with Crippen LogP contribution in [0, 0.1) is 0 Å². The van der Waals surface area contributed by atoms with Crippen LogP contribution in [0.3, 0.4) is 0 Å². The molecule has 1 heterocycles. The highest BCUT2D eigenvalue weighted by atomic mass is 16.3. The van der Waals surface area contributed by atoms with E-state index in [1.54, 1.807) is 0 Å². The first-order valence-corrected chi connectivity index (χ1v) is 4.65. The van der Waals surface area contributed by atoms with Crippen molar-refractivity contribution in [3.63, 3.8) is 0 Å². The first kappa shape index (κ1) is 12.3. The molecule has 7 nitrogen and oxygen atoms in total. The van der Waals surface area contributed by atoms with E-state index in [-0.39, 0.29) is 0 Å². The molecule has 0 radical (unpaired) electrons. The van der Waals surface area contributed by atoms with Crippen molar-refractivity contribution >= 4 is 5.91 Å². The minimum Gasteiger partial charge on any atom is -0.395 e. The molecular weight excluding hydrogens is 204 g/mol. The second-order valence-electron chi connectivity index (χ2n) is 3.61. The van der Waals surface area contributed by atoms with Gasteiger partial charge >= 0.3 is 0 Å². The number of rotatable bonds is 2. The maximum absolute atomic E-state index is 10.8. The van der Waals surface area contributed by atoms with E-state index in [9.17, 15) is 20.1 Å². The zero-order chi connectivity index (χ0) is 11.6. The number of amides is 1. The maximum atomic E-state index is 10.8. The van der Waals surface area contributed by atoms with Gasteiger partial charge in [0.25, 0.3) is 0 Å². The van der Waals surface area contributed by atoms with Crippen molar-refractivity contribution < 1.29 is 25.2 Å². The first-order valence-electron chi connectivity index (χ1n) is 4.65. The number of carbonyl (C=O) groups excluding carboxylic acids is 1. The van der Waals surface area contributed by atoms with Gasteiger partial charge in [-0.05, 0) is 0 Å². The van der Waals surface area contributed by atoms with E-state index in [1.807, 2.05) is 0 Å². The summed E-state index contributed by atoms with van der Waals surface area (Å²) >= 11 is 0. The Morgan fingerprint density at radius 2 is 1.93 bits per heavy atom. The lowest BCUT2D eigenvalue weighted by Gasteiger charge is -2.41. The molecule has 1 saturated heterocycles. The summed E-state index contributed by atoms with van der Waals surface area (Å²) in [7, 11) is 0. The minimum atomic E-state index is -1.32. The number of carbonyl (C=O) groups is 1. The van der Waals surface area contributed by atoms with Crippen LogP contribution >= 0.6 is 0 Å². The average Bonchev–Trinajstić information content (AvgIpc) is 2.18. The van der Waals surface area contributed by atoms with E-state index in [2.05, 4.69) is 10.6 Å². The highest BCUT2D eigenvalue weighted by molar-refractivity contribution is 5.73. The molecule has 0 aromatic carbocycles. The van der Waals surface area contributed by atoms with Gasteiger partial charge in [-0.15, -0.1) is 0 Å². The van der Waals surface area contributed by atoms with Gasteiger partial charge < -0.3 is 25.7 Å². The number of aliphatic hydroxyl groups is 4. The van der Waals surface area contributed by atoms with Crippen molar-refractivity contribution in [1.29, 1.82) is 0 Å². The molecular formula is C8H16N2O5. The second-order valence-corrected chi connectivity index (χ2v) is 3.61. The summed E-state index contributed by atoms with van der Waals surface area (Å²) in [6.45, 7) is 0.825. The Kier molecular flexibility index (Phi) is 4.00. The van der Waals surface area contributed by atoms with Crippen LogP contribution in [0.4, 0.5) is 0 Å². The van der Waals surface area contributed by atoms with Gasteiger partial charge in [-0.25, -0.2) is 0 Å². The normalized spacial score (nSPS) is 41.3. The largest absolute Gasteiger partial charge is 0.395 e. The molecule has 0 aromatic heterocycles. The van der Waals surface area contributed by atoms with Gasteiger partial charge in [0.05, 0.1) is 24.8 Å². The Balaban J connectivity index is 2.70. The Hall–Kier alpha value is -0.730.